The average molecular weight is 249 g/mol. The van der Waals surface area contributed by atoms with Gasteiger partial charge in [-0.1, -0.05) is 6.92 Å². The minimum Gasteiger partial charge on any atom is -0.480 e. The first-order valence-electron chi connectivity index (χ1n) is 5.77. The Morgan fingerprint density at radius 2 is 2.22 bits per heavy atom. The van der Waals surface area contributed by atoms with Crippen molar-refractivity contribution in [2.45, 2.75) is 20.3 Å². The summed E-state index contributed by atoms with van der Waals surface area (Å²) in [5.74, 6) is 0.358. The summed E-state index contributed by atoms with van der Waals surface area (Å²) in [6.07, 6.45) is 0.851. The molecule has 0 saturated heterocycles. The molecule has 0 saturated carbocycles. The molecule has 0 radical (unpaired) electrons. The van der Waals surface area contributed by atoms with Gasteiger partial charge in [0.05, 0.1) is 0 Å². The maximum Gasteiger partial charge on any atom is 0.323 e. The van der Waals surface area contributed by atoms with Crippen LogP contribution < -0.4 is 4.90 Å². The molecular formula is C11H15N5O2. The summed E-state index contributed by atoms with van der Waals surface area (Å²) in [6, 6.07) is 3.55. The minimum atomic E-state index is -0.875. The average Bonchev–Trinajstić information content (AvgIpc) is 2.66. The second kappa shape index (κ2) is 4.99. The summed E-state index contributed by atoms with van der Waals surface area (Å²) in [6.45, 7) is 4.35. The molecule has 2 heterocycles. The number of nitrogens with zero attached hydrogens (tertiary/aromatic N) is 5. The highest BCUT2D eigenvalue weighted by Gasteiger charge is 2.12. The first-order chi connectivity index (χ1) is 8.60. The standard InChI is InChI=1S/C11H15N5O2/c1-3-6-15(7-11(17)18)10-5-4-9-12-8(2)13-16(9)14-10/h4-5H,3,6-7H2,1-2H3,(H,17,18). The predicted molar refractivity (Wildman–Crippen MR) is 65.7 cm³/mol. The summed E-state index contributed by atoms with van der Waals surface area (Å²) in [5.41, 5.74) is 0.656. The van der Waals surface area contributed by atoms with E-state index in [0.29, 0.717) is 23.8 Å². The second-order valence-electron chi connectivity index (χ2n) is 4.01. The molecule has 7 heteroatoms. The molecule has 0 aliphatic rings. The van der Waals surface area contributed by atoms with E-state index in [-0.39, 0.29) is 6.54 Å². The van der Waals surface area contributed by atoms with Gasteiger partial charge in [0, 0.05) is 6.54 Å². The molecule has 96 valence electrons. The molecule has 2 aromatic heterocycles. The minimum absolute atomic E-state index is 0.0694. The van der Waals surface area contributed by atoms with E-state index in [4.69, 9.17) is 5.11 Å². The molecule has 0 fully saturated rings. The molecule has 7 nitrogen and oxygen atoms in total. The molecule has 0 aromatic carbocycles. The number of aromatic nitrogens is 4. The van der Waals surface area contributed by atoms with E-state index in [0.717, 1.165) is 6.42 Å². The summed E-state index contributed by atoms with van der Waals surface area (Å²) in [7, 11) is 0. The van der Waals surface area contributed by atoms with Crippen LogP contribution >= 0.6 is 0 Å². The molecular weight excluding hydrogens is 234 g/mol. The van der Waals surface area contributed by atoms with Crippen LogP contribution in [0.1, 0.15) is 19.2 Å². The van der Waals surface area contributed by atoms with Gasteiger partial charge in [-0.05, 0) is 25.5 Å². The molecule has 0 unspecified atom stereocenters. The lowest BCUT2D eigenvalue weighted by molar-refractivity contribution is -0.135. The Hall–Kier alpha value is -2.18. The van der Waals surface area contributed by atoms with Gasteiger partial charge in [-0.15, -0.1) is 14.8 Å². The summed E-state index contributed by atoms with van der Waals surface area (Å²) in [4.78, 5) is 16.7. The monoisotopic (exact) mass is 249 g/mol. The third-order valence-corrected chi connectivity index (χ3v) is 2.44. The summed E-state index contributed by atoms with van der Waals surface area (Å²) < 4.78 is 1.43. The Bertz CT molecular complexity index is 566. The molecule has 0 amide bonds. The lowest BCUT2D eigenvalue weighted by atomic mass is 10.3. The van der Waals surface area contributed by atoms with Gasteiger partial charge >= 0.3 is 5.97 Å². The number of hydrogen-bond acceptors (Lipinski definition) is 5. The van der Waals surface area contributed by atoms with Crippen LogP contribution in [0, 0.1) is 6.92 Å². The fourth-order valence-corrected chi connectivity index (χ4v) is 1.75. The Morgan fingerprint density at radius 3 is 2.89 bits per heavy atom. The van der Waals surface area contributed by atoms with Crippen LogP contribution in [0.3, 0.4) is 0 Å². The van der Waals surface area contributed by atoms with E-state index < -0.39 is 5.97 Å². The van der Waals surface area contributed by atoms with Gasteiger partial charge in [-0.3, -0.25) is 4.79 Å². The van der Waals surface area contributed by atoms with E-state index >= 15 is 0 Å². The van der Waals surface area contributed by atoms with Crippen LogP contribution in [-0.2, 0) is 4.79 Å². The predicted octanol–water partition coefficient (Wildman–Crippen LogP) is 0.734. The summed E-state index contributed by atoms with van der Waals surface area (Å²) >= 11 is 0. The molecule has 18 heavy (non-hydrogen) atoms. The van der Waals surface area contributed by atoms with Gasteiger partial charge in [-0.25, -0.2) is 4.98 Å². The lowest BCUT2D eigenvalue weighted by Crippen LogP contribution is -2.31. The number of carboxylic acids is 1. The molecule has 2 rings (SSSR count). The highest BCUT2D eigenvalue weighted by atomic mass is 16.4. The fourth-order valence-electron chi connectivity index (χ4n) is 1.75. The number of aliphatic carboxylic acids is 1. The topological polar surface area (TPSA) is 83.6 Å². The number of carbonyl (C=O) groups is 1. The van der Waals surface area contributed by atoms with Gasteiger partial charge in [-0.2, -0.15) is 0 Å². The van der Waals surface area contributed by atoms with Gasteiger partial charge in [0.1, 0.15) is 12.4 Å². The fraction of sp³-hybridized carbons (Fsp3) is 0.455. The maximum atomic E-state index is 10.8. The van der Waals surface area contributed by atoms with E-state index in [1.165, 1.54) is 4.63 Å². The molecule has 0 aliphatic heterocycles. The molecule has 0 bridgehead atoms. The van der Waals surface area contributed by atoms with Crippen LogP contribution in [-0.4, -0.2) is 44.0 Å². The highest BCUT2D eigenvalue weighted by Crippen LogP contribution is 2.11. The van der Waals surface area contributed by atoms with Crippen LogP contribution in [0.15, 0.2) is 12.1 Å². The lowest BCUT2D eigenvalue weighted by Gasteiger charge is -2.20. The number of fused-ring (bicyclic) bond motifs is 1. The van der Waals surface area contributed by atoms with E-state index in [1.54, 1.807) is 24.0 Å². The Balaban J connectivity index is 2.33. The van der Waals surface area contributed by atoms with Crippen molar-refractivity contribution < 1.29 is 9.90 Å². The largest absolute Gasteiger partial charge is 0.480 e. The van der Waals surface area contributed by atoms with E-state index in [2.05, 4.69) is 15.2 Å². The van der Waals surface area contributed by atoms with Gasteiger partial charge in [0.15, 0.2) is 11.5 Å². The van der Waals surface area contributed by atoms with Crippen molar-refractivity contribution in [2.75, 3.05) is 18.0 Å². The van der Waals surface area contributed by atoms with Crippen molar-refractivity contribution in [2.24, 2.45) is 0 Å². The van der Waals surface area contributed by atoms with Crippen LogP contribution in [0.2, 0.25) is 0 Å². The SMILES string of the molecule is CCCN(CC(=O)O)c1ccc2nc(C)nn2n1. The van der Waals surface area contributed by atoms with Crippen LogP contribution in [0.25, 0.3) is 5.65 Å². The molecule has 0 atom stereocenters. The number of aryl methyl sites for hydroxylation is 1. The van der Waals surface area contributed by atoms with E-state index in [1.807, 2.05) is 6.92 Å². The Morgan fingerprint density at radius 1 is 1.44 bits per heavy atom. The first-order valence-corrected chi connectivity index (χ1v) is 5.77. The highest BCUT2D eigenvalue weighted by molar-refractivity contribution is 5.73. The van der Waals surface area contributed by atoms with Crippen LogP contribution in [0.5, 0.6) is 0 Å². The van der Waals surface area contributed by atoms with Crippen molar-refractivity contribution in [1.82, 2.24) is 19.8 Å². The summed E-state index contributed by atoms with van der Waals surface area (Å²) in [5, 5.41) is 17.3. The van der Waals surface area contributed by atoms with E-state index in [9.17, 15) is 4.79 Å². The molecule has 0 aliphatic carbocycles. The molecule has 2 aromatic rings. The third-order valence-electron chi connectivity index (χ3n) is 2.44. The number of hydrogen-bond donors (Lipinski definition) is 1. The van der Waals surface area contributed by atoms with Crippen molar-refractivity contribution in [3.8, 4) is 0 Å². The first kappa shape index (κ1) is 12.3. The Labute approximate surface area is 104 Å². The van der Waals surface area contributed by atoms with Crippen LogP contribution in [0.4, 0.5) is 5.82 Å². The van der Waals surface area contributed by atoms with Crippen molar-refractivity contribution in [1.29, 1.82) is 0 Å². The Kier molecular flexibility index (Phi) is 3.40. The number of carboxylic acid groups (broad SMARTS) is 1. The smallest absolute Gasteiger partial charge is 0.323 e. The van der Waals surface area contributed by atoms with Crippen molar-refractivity contribution in [3.05, 3.63) is 18.0 Å². The quantitative estimate of drug-likeness (QED) is 0.841. The van der Waals surface area contributed by atoms with Gasteiger partial charge in [0.25, 0.3) is 0 Å². The second-order valence-corrected chi connectivity index (χ2v) is 4.01. The maximum absolute atomic E-state index is 10.8. The van der Waals surface area contributed by atoms with Crippen molar-refractivity contribution in [3.63, 3.8) is 0 Å². The van der Waals surface area contributed by atoms with Gasteiger partial charge in [0.2, 0.25) is 0 Å². The van der Waals surface area contributed by atoms with Crippen molar-refractivity contribution >= 4 is 17.4 Å². The zero-order valence-corrected chi connectivity index (χ0v) is 10.4. The molecule has 1 N–H and O–H groups in total. The number of rotatable bonds is 5. The van der Waals surface area contributed by atoms with Gasteiger partial charge < -0.3 is 10.0 Å². The zero-order valence-electron chi connectivity index (χ0n) is 10.4. The third kappa shape index (κ3) is 2.55. The zero-order chi connectivity index (χ0) is 13.1. The normalized spacial score (nSPS) is 10.8. The number of anilines is 1. The molecule has 0 spiro atoms.